The third-order valence-corrected chi connectivity index (χ3v) is 1.90. The van der Waals surface area contributed by atoms with Crippen LogP contribution in [0.4, 0.5) is 0 Å². The number of carbonyl (C=O) groups excluding carboxylic acids is 1. The van der Waals surface area contributed by atoms with Gasteiger partial charge in [-0.05, 0) is 18.5 Å². The highest BCUT2D eigenvalue weighted by atomic mass is 16.2. The summed E-state index contributed by atoms with van der Waals surface area (Å²) in [6.45, 7) is 3.31. The molecule has 78 valence electrons. The number of rotatable bonds is 3. The number of hydrogen-bond acceptors (Lipinski definition) is 4. The van der Waals surface area contributed by atoms with Gasteiger partial charge in [0.15, 0.2) is 0 Å². The Labute approximate surface area is 82.0 Å². The molecule has 1 fully saturated rings. The largest absolute Gasteiger partial charge is 0.315 e. The Kier molecular flexibility index (Phi) is 4.77. The lowest BCUT2D eigenvalue weighted by Gasteiger charge is -2.19. The lowest BCUT2D eigenvalue weighted by atomic mass is 10.4. The van der Waals surface area contributed by atoms with E-state index in [0.717, 1.165) is 32.6 Å². The fourth-order valence-corrected chi connectivity index (χ4v) is 1.27. The predicted molar refractivity (Wildman–Crippen MR) is 51.2 cm³/mol. The number of hydrazine groups is 1. The van der Waals surface area contributed by atoms with Gasteiger partial charge in [0.25, 0.3) is 0 Å². The molecule has 0 aromatic heterocycles. The van der Waals surface area contributed by atoms with Crippen molar-refractivity contribution >= 4 is 5.91 Å². The van der Waals surface area contributed by atoms with E-state index in [1.807, 2.05) is 5.01 Å². The van der Waals surface area contributed by atoms with E-state index >= 15 is 0 Å². The average Bonchev–Trinajstić information content (AvgIpc) is 2.43. The van der Waals surface area contributed by atoms with Crippen LogP contribution in [-0.2, 0) is 4.79 Å². The molecular formula is C7H14N6O. The quantitative estimate of drug-likeness (QED) is 0.368. The molecule has 1 amide bonds. The summed E-state index contributed by atoms with van der Waals surface area (Å²) in [5, 5.41) is 8.25. The lowest BCUT2D eigenvalue weighted by molar-refractivity contribution is -0.124. The highest BCUT2D eigenvalue weighted by molar-refractivity contribution is 5.77. The fraction of sp³-hybridized carbons (Fsp3) is 0.857. The minimum absolute atomic E-state index is 0.138. The van der Waals surface area contributed by atoms with Gasteiger partial charge >= 0.3 is 0 Å². The zero-order chi connectivity index (χ0) is 10.2. The third-order valence-electron chi connectivity index (χ3n) is 1.90. The maximum absolute atomic E-state index is 11.1. The smallest absolute Gasteiger partial charge is 0.240 e. The molecule has 0 bridgehead atoms. The lowest BCUT2D eigenvalue weighted by Crippen LogP contribution is -2.44. The van der Waals surface area contributed by atoms with Gasteiger partial charge in [0.1, 0.15) is 6.54 Å². The van der Waals surface area contributed by atoms with Gasteiger partial charge in [0.2, 0.25) is 5.91 Å². The van der Waals surface area contributed by atoms with Crippen molar-refractivity contribution in [3.8, 4) is 0 Å². The summed E-state index contributed by atoms with van der Waals surface area (Å²) in [7, 11) is 0. The van der Waals surface area contributed by atoms with E-state index in [1.54, 1.807) is 0 Å². The molecule has 1 aliphatic heterocycles. The Hall–Kier alpha value is -1.30. The summed E-state index contributed by atoms with van der Waals surface area (Å²) in [4.78, 5) is 13.7. The zero-order valence-corrected chi connectivity index (χ0v) is 7.94. The van der Waals surface area contributed by atoms with Crippen molar-refractivity contribution in [1.29, 1.82) is 0 Å². The van der Waals surface area contributed by atoms with E-state index in [2.05, 4.69) is 20.8 Å². The van der Waals surface area contributed by atoms with Crippen LogP contribution in [0.5, 0.6) is 0 Å². The zero-order valence-electron chi connectivity index (χ0n) is 7.94. The van der Waals surface area contributed by atoms with Crippen LogP contribution in [0.3, 0.4) is 0 Å². The molecule has 1 rings (SSSR count). The molecule has 0 aromatic carbocycles. The average molecular weight is 198 g/mol. The van der Waals surface area contributed by atoms with E-state index in [0.29, 0.717) is 0 Å². The van der Waals surface area contributed by atoms with Gasteiger partial charge < -0.3 is 5.32 Å². The van der Waals surface area contributed by atoms with E-state index in [1.165, 1.54) is 0 Å². The predicted octanol–water partition coefficient (Wildman–Crippen LogP) is -0.377. The van der Waals surface area contributed by atoms with Gasteiger partial charge in [0.05, 0.1) is 0 Å². The van der Waals surface area contributed by atoms with Crippen LogP contribution >= 0.6 is 0 Å². The minimum Gasteiger partial charge on any atom is -0.315 e. The van der Waals surface area contributed by atoms with Crippen molar-refractivity contribution < 1.29 is 4.79 Å². The molecule has 1 saturated heterocycles. The summed E-state index contributed by atoms with van der Waals surface area (Å²) in [6, 6.07) is 0. The van der Waals surface area contributed by atoms with E-state index in [4.69, 9.17) is 5.53 Å². The first-order valence-electron chi connectivity index (χ1n) is 4.59. The Morgan fingerprint density at radius 1 is 1.57 bits per heavy atom. The van der Waals surface area contributed by atoms with Gasteiger partial charge in [0, 0.05) is 24.5 Å². The van der Waals surface area contributed by atoms with Crippen molar-refractivity contribution in [1.82, 2.24) is 15.8 Å². The van der Waals surface area contributed by atoms with Crippen LogP contribution in [0.15, 0.2) is 5.11 Å². The summed E-state index contributed by atoms with van der Waals surface area (Å²) >= 11 is 0. The van der Waals surface area contributed by atoms with Gasteiger partial charge in [-0.2, -0.15) is 0 Å². The van der Waals surface area contributed by atoms with Crippen LogP contribution < -0.4 is 10.7 Å². The topological polar surface area (TPSA) is 93.1 Å². The molecule has 2 N–H and O–H groups in total. The Bertz CT molecular complexity index is 228. The SMILES string of the molecule is [N-]=[N+]=NCC(=O)NN1CCCNCC1. The van der Waals surface area contributed by atoms with Crippen molar-refractivity contribution in [2.24, 2.45) is 5.11 Å². The Morgan fingerprint density at radius 3 is 3.21 bits per heavy atom. The highest BCUT2D eigenvalue weighted by Gasteiger charge is 2.10. The highest BCUT2D eigenvalue weighted by Crippen LogP contribution is 1.90. The summed E-state index contributed by atoms with van der Waals surface area (Å²) in [5.41, 5.74) is 10.7. The number of hydrogen-bond donors (Lipinski definition) is 2. The van der Waals surface area contributed by atoms with E-state index in [-0.39, 0.29) is 12.5 Å². The number of nitrogens with zero attached hydrogens (tertiary/aromatic N) is 4. The third kappa shape index (κ3) is 4.08. The second-order valence-corrected chi connectivity index (χ2v) is 3.01. The van der Waals surface area contributed by atoms with Crippen LogP contribution in [0.1, 0.15) is 6.42 Å². The van der Waals surface area contributed by atoms with Crippen molar-refractivity contribution in [2.45, 2.75) is 6.42 Å². The number of carbonyl (C=O) groups is 1. The van der Waals surface area contributed by atoms with Crippen molar-refractivity contribution in [3.05, 3.63) is 10.4 Å². The molecule has 0 saturated carbocycles. The molecule has 0 spiro atoms. The van der Waals surface area contributed by atoms with Gasteiger partial charge in [-0.3, -0.25) is 10.2 Å². The Balaban J connectivity index is 2.26. The van der Waals surface area contributed by atoms with Gasteiger partial charge in [-0.25, -0.2) is 5.01 Å². The molecule has 1 aliphatic rings. The molecule has 1 heterocycles. The number of azide groups is 1. The van der Waals surface area contributed by atoms with E-state index in [9.17, 15) is 4.79 Å². The molecule has 14 heavy (non-hydrogen) atoms. The van der Waals surface area contributed by atoms with Crippen LogP contribution in [0, 0.1) is 0 Å². The first-order chi connectivity index (χ1) is 6.83. The molecule has 7 nitrogen and oxygen atoms in total. The molecule has 0 aromatic rings. The van der Waals surface area contributed by atoms with E-state index < -0.39 is 0 Å². The number of nitrogens with one attached hydrogen (secondary N) is 2. The molecular weight excluding hydrogens is 184 g/mol. The molecule has 0 atom stereocenters. The monoisotopic (exact) mass is 198 g/mol. The van der Waals surface area contributed by atoms with Gasteiger partial charge in [-0.15, -0.1) is 0 Å². The second kappa shape index (κ2) is 6.20. The summed E-state index contributed by atoms with van der Waals surface area (Å²) in [6.07, 6.45) is 1.00. The molecule has 0 aliphatic carbocycles. The van der Waals surface area contributed by atoms with Crippen molar-refractivity contribution in [3.63, 3.8) is 0 Å². The van der Waals surface area contributed by atoms with Crippen LogP contribution in [-0.4, -0.2) is 43.6 Å². The Morgan fingerprint density at radius 2 is 2.43 bits per heavy atom. The minimum atomic E-state index is -0.260. The molecule has 0 unspecified atom stereocenters. The number of amides is 1. The first kappa shape index (κ1) is 10.8. The van der Waals surface area contributed by atoms with Crippen molar-refractivity contribution in [2.75, 3.05) is 32.7 Å². The standard InChI is InChI=1S/C7H14N6O/c8-12-10-6-7(14)11-13-4-1-2-9-3-5-13/h9H,1-6H2,(H,11,14). The van der Waals surface area contributed by atoms with Gasteiger partial charge in [-0.1, -0.05) is 5.11 Å². The van der Waals surface area contributed by atoms with Crippen LogP contribution in [0.25, 0.3) is 10.4 Å². The molecule has 7 heteroatoms. The normalized spacial score (nSPS) is 18.0. The maximum Gasteiger partial charge on any atom is 0.240 e. The molecule has 0 radical (unpaired) electrons. The summed E-state index contributed by atoms with van der Waals surface area (Å²) in [5.74, 6) is -0.260. The fourth-order valence-electron chi connectivity index (χ4n) is 1.27. The summed E-state index contributed by atoms with van der Waals surface area (Å²) < 4.78 is 0. The van der Waals surface area contributed by atoms with Crippen LogP contribution in [0.2, 0.25) is 0 Å². The maximum atomic E-state index is 11.1. The first-order valence-corrected chi connectivity index (χ1v) is 4.59. The second-order valence-electron chi connectivity index (χ2n) is 3.01.